The van der Waals surface area contributed by atoms with E-state index in [1.165, 1.54) is 0 Å². The third-order valence-corrected chi connectivity index (χ3v) is 2.77. The third-order valence-electron chi connectivity index (χ3n) is 2.77. The van der Waals surface area contributed by atoms with Crippen LogP contribution < -0.4 is 4.74 Å². The molecule has 1 aromatic rings. The molecule has 1 fully saturated rings. The number of ether oxygens (including phenoxy) is 2. The first-order valence-corrected chi connectivity index (χ1v) is 5.79. The standard InChI is InChI=1S/C13H18O3/c1-10-7-11(14)9-13(8-10)16-6-4-12-3-2-5-15-12/h7-9,12,14H,2-6H2,1H3. The molecule has 3 heteroatoms. The molecule has 1 atom stereocenters. The Morgan fingerprint density at radius 3 is 3.00 bits per heavy atom. The maximum Gasteiger partial charge on any atom is 0.123 e. The van der Waals surface area contributed by atoms with Gasteiger partial charge in [-0.15, -0.1) is 0 Å². The van der Waals surface area contributed by atoms with Gasteiger partial charge in [0.05, 0.1) is 12.7 Å². The van der Waals surface area contributed by atoms with E-state index in [-0.39, 0.29) is 5.75 Å². The Bertz CT molecular complexity index is 323. The lowest BCUT2D eigenvalue weighted by Crippen LogP contribution is -2.10. The molecule has 1 unspecified atom stereocenters. The second-order valence-corrected chi connectivity index (χ2v) is 4.28. The van der Waals surface area contributed by atoms with E-state index < -0.39 is 0 Å². The molecule has 0 spiro atoms. The number of phenols is 1. The molecule has 0 bridgehead atoms. The summed E-state index contributed by atoms with van der Waals surface area (Å²) >= 11 is 0. The zero-order chi connectivity index (χ0) is 11.4. The summed E-state index contributed by atoms with van der Waals surface area (Å²) in [6, 6.07) is 5.28. The molecule has 0 radical (unpaired) electrons. The summed E-state index contributed by atoms with van der Waals surface area (Å²) < 4.78 is 11.1. The van der Waals surface area contributed by atoms with E-state index in [1.807, 2.05) is 13.0 Å². The van der Waals surface area contributed by atoms with E-state index in [2.05, 4.69) is 0 Å². The summed E-state index contributed by atoms with van der Waals surface area (Å²) in [5.74, 6) is 0.989. The van der Waals surface area contributed by atoms with E-state index in [4.69, 9.17) is 9.47 Å². The molecule has 0 aromatic heterocycles. The lowest BCUT2D eigenvalue weighted by molar-refractivity contribution is 0.0903. The van der Waals surface area contributed by atoms with Crippen molar-refractivity contribution >= 4 is 0 Å². The number of aryl methyl sites for hydroxylation is 1. The SMILES string of the molecule is Cc1cc(O)cc(OCCC2CCCO2)c1. The van der Waals surface area contributed by atoms with E-state index in [0.717, 1.165) is 37.2 Å². The van der Waals surface area contributed by atoms with Crippen molar-refractivity contribution in [3.8, 4) is 11.5 Å². The van der Waals surface area contributed by atoms with Crippen LogP contribution in [-0.4, -0.2) is 24.4 Å². The molecular formula is C13H18O3. The molecule has 0 amide bonds. The quantitative estimate of drug-likeness (QED) is 0.851. The highest BCUT2D eigenvalue weighted by atomic mass is 16.5. The molecule has 1 aliphatic rings. The van der Waals surface area contributed by atoms with Crippen LogP contribution >= 0.6 is 0 Å². The maximum absolute atomic E-state index is 9.40. The van der Waals surface area contributed by atoms with E-state index in [9.17, 15) is 5.11 Å². The van der Waals surface area contributed by atoms with Crippen LogP contribution in [0.25, 0.3) is 0 Å². The van der Waals surface area contributed by atoms with Crippen LogP contribution in [0.3, 0.4) is 0 Å². The van der Waals surface area contributed by atoms with Crippen LogP contribution in [-0.2, 0) is 4.74 Å². The van der Waals surface area contributed by atoms with Gasteiger partial charge in [0.2, 0.25) is 0 Å². The van der Waals surface area contributed by atoms with Crippen LogP contribution in [0.1, 0.15) is 24.8 Å². The number of hydrogen-bond acceptors (Lipinski definition) is 3. The van der Waals surface area contributed by atoms with Gasteiger partial charge in [0.1, 0.15) is 11.5 Å². The average Bonchev–Trinajstić information content (AvgIpc) is 2.69. The van der Waals surface area contributed by atoms with Crippen molar-refractivity contribution in [1.29, 1.82) is 0 Å². The van der Waals surface area contributed by atoms with Gasteiger partial charge in [0.15, 0.2) is 0 Å². The average molecular weight is 222 g/mol. The number of aromatic hydroxyl groups is 1. The Morgan fingerprint density at radius 2 is 2.31 bits per heavy atom. The van der Waals surface area contributed by atoms with E-state index in [0.29, 0.717) is 12.7 Å². The first-order chi connectivity index (χ1) is 7.74. The fourth-order valence-corrected chi connectivity index (χ4v) is 1.99. The first-order valence-electron chi connectivity index (χ1n) is 5.79. The minimum Gasteiger partial charge on any atom is -0.508 e. The van der Waals surface area contributed by atoms with Crippen molar-refractivity contribution in [3.05, 3.63) is 23.8 Å². The number of rotatable bonds is 4. The molecule has 1 aliphatic heterocycles. The summed E-state index contributed by atoms with van der Waals surface area (Å²) in [6.07, 6.45) is 3.59. The van der Waals surface area contributed by atoms with Gasteiger partial charge in [-0.1, -0.05) is 0 Å². The normalized spacial score (nSPS) is 19.9. The monoisotopic (exact) mass is 222 g/mol. The van der Waals surface area contributed by atoms with Crippen LogP contribution in [0.5, 0.6) is 11.5 Å². The van der Waals surface area contributed by atoms with E-state index in [1.54, 1.807) is 12.1 Å². The molecular weight excluding hydrogens is 204 g/mol. The Morgan fingerprint density at radius 1 is 1.44 bits per heavy atom. The van der Waals surface area contributed by atoms with Crippen molar-refractivity contribution in [2.75, 3.05) is 13.2 Å². The molecule has 0 saturated carbocycles. The molecule has 3 nitrogen and oxygen atoms in total. The topological polar surface area (TPSA) is 38.7 Å². The molecule has 1 N–H and O–H groups in total. The number of hydrogen-bond donors (Lipinski definition) is 1. The molecule has 2 rings (SSSR count). The van der Waals surface area contributed by atoms with Crippen molar-refractivity contribution in [1.82, 2.24) is 0 Å². The highest BCUT2D eigenvalue weighted by Crippen LogP contribution is 2.22. The summed E-state index contributed by atoms with van der Waals surface area (Å²) in [7, 11) is 0. The Labute approximate surface area is 96.0 Å². The zero-order valence-electron chi connectivity index (χ0n) is 9.61. The Balaban J connectivity index is 1.80. The van der Waals surface area contributed by atoms with Gasteiger partial charge < -0.3 is 14.6 Å². The van der Waals surface area contributed by atoms with Crippen molar-refractivity contribution in [3.63, 3.8) is 0 Å². The minimum atomic E-state index is 0.257. The van der Waals surface area contributed by atoms with Gasteiger partial charge in [0, 0.05) is 19.1 Å². The van der Waals surface area contributed by atoms with Gasteiger partial charge in [-0.25, -0.2) is 0 Å². The number of phenolic OH excluding ortho intramolecular Hbond substituents is 1. The lowest BCUT2D eigenvalue weighted by Gasteiger charge is -2.11. The van der Waals surface area contributed by atoms with Crippen molar-refractivity contribution in [2.24, 2.45) is 0 Å². The maximum atomic E-state index is 9.40. The Hall–Kier alpha value is -1.22. The molecule has 88 valence electrons. The van der Waals surface area contributed by atoms with Gasteiger partial charge in [0.25, 0.3) is 0 Å². The molecule has 1 aromatic carbocycles. The second kappa shape index (κ2) is 5.21. The van der Waals surface area contributed by atoms with Crippen LogP contribution in [0.15, 0.2) is 18.2 Å². The highest BCUT2D eigenvalue weighted by Gasteiger charge is 2.15. The van der Waals surface area contributed by atoms with Gasteiger partial charge in [-0.3, -0.25) is 0 Å². The molecule has 0 aliphatic carbocycles. The summed E-state index contributed by atoms with van der Waals surface area (Å²) in [5, 5.41) is 9.40. The fourth-order valence-electron chi connectivity index (χ4n) is 1.99. The largest absolute Gasteiger partial charge is 0.508 e. The highest BCUT2D eigenvalue weighted by molar-refractivity contribution is 5.36. The summed E-state index contributed by atoms with van der Waals surface area (Å²) in [6.45, 7) is 3.47. The van der Waals surface area contributed by atoms with Crippen LogP contribution in [0.4, 0.5) is 0 Å². The van der Waals surface area contributed by atoms with Gasteiger partial charge >= 0.3 is 0 Å². The summed E-state index contributed by atoms with van der Waals surface area (Å²) in [5.41, 5.74) is 1.01. The third kappa shape index (κ3) is 3.14. The molecule has 16 heavy (non-hydrogen) atoms. The predicted octanol–water partition coefficient (Wildman–Crippen LogP) is 2.65. The molecule has 1 heterocycles. The first kappa shape index (κ1) is 11.3. The Kier molecular flexibility index (Phi) is 3.67. The van der Waals surface area contributed by atoms with E-state index >= 15 is 0 Å². The fraction of sp³-hybridized carbons (Fsp3) is 0.538. The van der Waals surface area contributed by atoms with Crippen molar-refractivity contribution < 1.29 is 14.6 Å². The predicted molar refractivity (Wildman–Crippen MR) is 61.9 cm³/mol. The smallest absolute Gasteiger partial charge is 0.123 e. The minimum absolute atomic E-state index is 0.257. The number of benzene rings is 1. The summed E-state index contributed by atoms with van der Waals surface area (Å²) in [4.78, 5) is 0. The van der Waals surface area contributed by atoms with Gasteiger partial charge in [-0.2, -0.15) is 0 Å². The molecule has 1 saturated heterocycles. The van der Waals surface area contributed by atoms with Gasteiger partial charge in [-0.05, 0) is 37.5 Å². The second-order valence-electron chi connectivity index (χ2n) is 4.28. The lowest BCUT2D eigenvalue weighted by atomic mass is 10.2. The van der Waals surface area contributed by atoms with Crippen LogP contribution in [0, 0.1) is 6.92 Å². The van der Waals surface area contributed by atoms with Crippen molar-refractivity contribution in [2.45, 2.75) is 32.3 Å². The van der Waals surface area contributed by atoms with Crippen LogP contribution in [0.2, 0.25) is 0 Å². The zero-order valence-corrected chi connectivity index (χ0v) is 9.61.